The number of rotatable bonds is 4. The first kappa shape index (κ1) is 14.6. The topological polar surface area (TPSA) is 73.2 Å². The zero-order chi connectivity index (χ0) is 14.8. The van der Waals surface area contributed by atoms with Gasteiger partial charge in [0.05, 0.1) is 12.1 Å². The lowest BCUT2D eigenvalue weighted by Crippen LogP contribution is -2.34. The predicted octanol–water partition coefficient (Wildman–Crippen LogP) is 0.884. The molecule has 2 atom stereocenters. The molecular weight excluding hydrogens is 290 g/mol. The van der Waals surface area contributed by atoms with Crippen LogP contribution in [-0.2, 0) is 9.53 Å². The molecule has 2 aliphatic heterocycles. The normalized spacial score (nSPS) is 24.0. The lowest BCUT2D eigenvalue weighted by molar-refractivity contribution is -0.122. The monoisotopic (exact) mass is 309 g/mol. The summed E-state index contributed by atoms with van der Waals surface area (Å²) in [6.45, 7) is 3.16. The van der Waals surface area contributed by atoms with Crippen LogP contribution in [0.15, 0.2) is 16.0 Å². The fraction of sp³-hybridized carbons (Fsp3) is 0.643. The Morgan fingerprint density at radius 1 is 1.62 bits per heavy atom. The van der Waals surface area contributed by atoms with Gasteiger partial charge in [0.1, 0.15) is 0 Å². The molecule has 0 aliphatic carbocycles. The summed E-state index contributed by atoms with van der Waals surface area (Å²) in [7, 11) is 0. The number of carbonyl (C=O) groups excluding carboxylic acids is 1. The Balaban J connectivity index is 1.60. The minimum Gasteiger partial charge on any atom is -0.376 e. The van der Waals surface area contributed by atoms with Gasteiger partial charge in [-0.2, -0.15) is 0 Å². The number of nitrogens with zero attached hydrogens (tertiary/aromatic N) is 2. The highest BCUT2D eigenvalue weighted by atomic mass is 32.2. The minimum atomic E-state index is -0.102. The summed E-state index contributed by atoms with van der Waals surface area (Å²) in [4.78, 5) is 28.4. The van der Waals surface area contributed by atoms with Gasteiger partial charge in [0.15, 0.2) is 5.16 Å². The minimum absolute atomic E-state index is 0.0311. The average Bonchev–Trinajstić information content (AvgIpc) is 3.06. The molecule has 0 spiro atoms. The van der Waals surface area contributed by atoms with E-state index in [2.05, 4.69) is 10.3 Å². The number of amides is 1. The molecule has 7 heteroatoms. The molecule has 1 aromatic rings. The second kappa shape index (κ2) is 6.19. The van der Waals surface area contributed by atoms with Crippen LogP contribution in [0.4, 0.5) is 0 Å². The first-order valence-electron chi connectivity index (χ1n) is 7.25. The molecule has 21 heavy (non-hydrogen) atoms. The number of aryl methyl sites for hydroxylation is 1. The van der Waals surface area contributed by atoms with Crippen LogP contribution in [0.25, 0.3) is 0 Å². The summed E-state index contributed by atoms with van der Waals surface area (Å²) in [5.74, 6) is 0.690. The molecule has 0 bridgehead atoms. The third-order valence-corrected chi connectivity index (χ3v) is 4.89. The first-order chi connectivity index (χ1) is 10.1. The number of aromatic nitrogens is 2. The number of carbonyl (C=O) groups is 1. The Labute approximate surface area is 127 Å². The van der Waals surface area contributed by atoms with Crippen LogP contribution in [-0.4, -0.2) is 40.5 Å². The predicted molar refractivity (Wildman–Crippen MR) is 79.6 cm³/mol. The number of ether oxygens (including phenoxy) is 1. The SMILES string of the molecule is Cc1cc(=O)n2c(n1)SCC2CC(=O)NCC1CCCO1. The van der Waals surface area contributed by atoms with E-state index >= 15 is 0 Å². The summed E-state index contributed by atoms with van der Waals surface area (Å²) >= 11 is 1.54. The summed E-state index contributed by atoms with van der Waals surface area (Å²) in [5.41, 5.74) is 0.654. The van der Waals surface area contributed by atoms with E-state index in [-0.39, 0.29) is 23.6 Å². The zero-order valence-electron chi connectivity index (χ0n) is 12.0. The molecule has 1 aromatic heterocycles. The van der Waals surface area contributed by atoms with Crippen molar-refractivity contribution < 1.29 is 9.53 Å². The van der Waals surface area contributed by atoms with E-state index in [1.165, 1.54) is 17.8 Å². The van der Waals surface area contributed by atoms with Gasteiger partial charge in [-0.1, -0.05) is 11.8 Å². The van der Waals surface area contributed by atoms with Crippen molar-refractivity contribution >= 4 is 17.7 Å². The second-order valence-electron chi connectivity index (χ2n) is 5.50. The fourth-order valence-electron chi connectivity index (χ4n) is 2.73. The van der Waals surface area contributed by atoms with Crippen LogP contribution in [0, 0.1) is 6.92 Å². The second-order valence-corrected chi connectivity index (χ2v) is 6.48. The number of thioether (sulfide) groups is 1. The highest BCUT2D eigenvalue weighted by Gasteiger charge is 2.27. The summed E-state index contributed by atoms with van der Waals surface area (Å²) in [5, 5.41) is 3.62. The molecule has 114 valence electrons. The van der Waals surface area contributed by atoms with E-state index in [0.717, 1.165) is 36.1 Å². The van der Waals surface area contributed by atoms with Gasteiger partial charge in [-0.3, -0.25) is 14.2 Å². The maximum atomic E-state index is 12.0. The van der Waals surface area contributed by atoms with Crippen molar-refractivity contribution in [3.63, 3.8) is 0 Å². The largest absolute Gasteiger partial charge is 0.376 e. The Hall–Kier alpha value is -1.34. The lowest BCUT2D eigenvalue weighted by Gasteiger charge is -2.15. The van der Waals surface area contributed by atoms with Gasteiger partial charge in [-0.05, 0) is 19.8 Å². The van der Waals surface area contributed by atoms with Gasteiger partial charge < -0.3 is 10.1 Å². The Kier molecular flexibility index (Phi) is 4.30. The molecule has 2 unspecified atom stereocenters. The van der Waals surface area contributed by atoms with Gasteiger partial charge in [0.25, 0.3) is 5.56 Å². The fourth-order valence-corrected chi connectivity index (χ4v) is 3.93. The highest BCUT2D eigenvalue weighted by Crippen LogP contribution is 2.31. The molecular formula is C14H19N3O3S. The van der Waals surface area contributed by atoms with Gasteiger partial charge >= 0.3 is 0 Å². The first-order valence-corrected chi connectivity index (χ1v) is 8.23. The number of nitrogens with one attached hydrogen (secondary N) is 1. The summed E-state index contributed by atoms with van der Waals surface area (Å²) < 4.78 is 7.12. The quantitative estimate of drug-likeness (QED) is 0.836. The van der Waals surface area contributed by atoms with Crippen molar-refractivity contribution in [2.75, 3.05) is 18.9 Å². The van der Waals surface area contributed by atoms with Gasteiger partial charge in [-0.25, -0.2) is 4.98 Å². The van der Waals surface area contributed by atoms with E-state index in [0.29, 0.717) is 13.0 Å². The zero-order valence-corrected chi connectivity index (χ0v) is 12.8. The van der Waals surface area contributed by atoms with Crippen molar-refractivity contribution in [2.45, 2.75) is 43.5 Å². The third kappa shape index (κ3) is 3.29. The number of hydrogen-bond donors (Lipinski definition) is 1. The highest BCUT2D eigenvalue weighted by molar-refractivity contribution is 7.99. The van der Waals surface area contributed by atoms with Crippen molar-refractivity contribution in [2.24, 2.45) is 0 Å². The van der Waals surface area contributed by atoms with Gasteiger partial charge in [0, 0.05) is 37.1 Å². The van der Waals surface area contributed by atoms with Crippen LogP contribution >= 0.6 is 11.8 Å². The van der Waals surface area contributed by atoms with Crippen LogP contribution in [0.3, 0.4) is 0 Å². The average molecular weight is 309 g/mol. The Morgan fingerprint density at radius 3 is 3.24 bits per heavy atom. The molecule has 1 N–H and O–H groups in total. The van der Waals surface area contributed by atoms with E-state index in [4.69, 9.17) is 4.74 Å². The molecule has 2 aliphatic rings. The van der Waals surface area contributed by atoms with Crippen LogP contribution in [0.1, 0.15) is 31.0 Å². The number of fused-ring (bicyclic) bond motifs is 1. The van der Waals surface area contributed by atoms with Crippen molar-refractivity contribution in [1.82, 2.24) is 14.9 Å². The van der Waals surface area contributed by atoms with Crippen molar-refractivity contribution in [3.05, 3.63) is 22.1 Å². The molecule has 3 rings (SSSR count). The molecule has 0 aromatic carbocycles. The van der Waals surface area contributed by atoms with E-state index in [9.17, 15) is 9.59 Å². The summed E-state index contributed by atoms with van der Waals surface area (Å²) in [6.07, 6.45) is 2.53. The van der Waals surface area contributed by atoms with Crippen LogP contribution in [0.5, 0.6) is 0 Å². The Morgan fingerprint density at radius 2 is 2.48 bits per heavy atom. The smallest absolute Gasteiger partial charge is 0.254 e. The van der Waals surface area contributed by atoms with Crippen molar-refractivity contribution in [1.29, 1.82) is 0 Å². The Bertz CT molecular complexity index is 596. The molecule has 1 fully saturated rings. The molecule has 3 heterocycles. The van der Waals surface area contributed by atoms with Gasteiger partial charge in [-0.15, -0.1) is 0 Å². The van der Waals surface area contributed by atoms with Crippen molar-refractivity contribution in [3.8, 4) is 0 Å². The maximum Gasteiger partial charge on any atom is 0.254 e. The van der Waals surface area contributed by atoms with E-state index < -0.39 is 0 Å². The van der Waals surface area contributed by atoms with Gasteiger partial charge in [0.2, 0.25) is 5.91 Å². The molecule has 6 nitrogen and oxygen atoms in total. The lowest BCUT2D eigenvalue weighted by atomic mass is 10.2. The third-order valence-electron chi connectivity index (χ3n) is 3.79. The van der Waals surface area contributed by atoms with E-state index in [1.54, 1.807) is 4.57 Å². The molecule has 1 saturated heterocycles. The molecule has 1 amide bonds. The standard InChI is InChI=1S/C14H19N3O3S/c1-9-5-13(19)17-10(8-21-14(17)16-9)6-12(18)15-7-11-3-2-4-20-11/h5,10-11H,2-4,6-8H2,1H3,(H,15,18). The molecule has 0 saturated carbocycles. The number of hydrogen-bond acceptors (Lipinski definition) is 5. The summed E-state index contributed by atoms with van der Waals surface area (Å²) in [6, 6.07) is 1.42. The maximum absolute atomic E-state index is 12.0. The van der Waals surface area contributed by atoms with Crippen LogP contribution < -0.4 is 10.9 Å². The van der Waals surface area contributed by atoms with E-state index in [1.807, 2.05) is 6.92 Å². The molecule has 0 radical (unpaired) electrons. The van der Waals surface area contributed by atoms with Crippen LogP contribution in [0.2, 0.25) is 0 Å².